The van der Waals surface area contributed by atoms with Crippen molar-refractivity contribution in [2.24, 2.45) is 0 Å². The highest BCUT2D eigenvalue weighted by Gasteiger charge is 2.38. The molecule has 0 radical (unpaired) electrons. The van der Waals surface area contributed by atoms with Crippen LogP contribution in [-0.2, 0) is 0 Å². The topological polar surface area (TPSA) is 0 Å². The van der Waals surface area contributed by atoms with Gasteiger partial charge in [0, 0.05) is 7.59 Å². The summed E-state index contributed by atoms with van der Waals surface area (Å²) in [5.74, 6) is 0. The first kappa shape index (κ1) is 13.1. The number of hydrogen-bond acceptors (Lipinski definition) is 0. The van der Waals surface area contributed by atoms with E-state index in [9.17, 15) is 0 Å². The van der Waals surface area contributed by atoms with E-state index in [1.807, 2.05) is 0 Å². The summed E-state index contributed by atoms with van der Waals surface area (Å²) in [5.41, 5.74) is 1.11. The van der Waals surface area contributed by atoms with E-state index in [1.165, 1.54) is 32.1 Å². The smallest absolute Gasteiger partial charge is 0.0619 e. The Kier molecular flexibility index (Phi) is 4.26. The van der Waals surface area contributed by atoms with Crippen LogP contribution in [0.25, 0.3) is 0 Å². The highest BCUT2D eigenvalue weighted by atomic mass is 29.2. The molecule has 1 aromatic rings. The lowest BCUT2D eigenvalue weighted by atomic mass is 10.0. The summed E-state index contributed by atoms with van der Waals surface area (Å²) >= 11 is 0. The van der Waals surface area contributed by atoms with Crippen LogP contribution in [0.3, 0.4) is 0 Å². The molecule has 1 aromatic carbocycles. The van der Waals surface area contributed by atoms with Crippen molar-refractivity contribution in [2.75, 3.05) is 0 Å². The largest absolute Gasteiger partial charge is 0.0710 e. The van der Waals surface area contributed by atoms with Crippen LogP contribution in [0.4, 0.5) is 0 Å². The van der Waals surface area contributed by atoms with Gasteiger partial charge in [-0.1, -0.05) is 87.3 Å². The van der Waals surface area contributed by atoms with Gasteiger partial charge in [-0.25, -0.2) is 0 Å². The number of benzene rings is 1. The van der Waals surface area contributed by atoms with E-state index in [0.29, 0.717) is 0 Å². The third-order valence-electron chi connectivity index (χ3n) is 5.07. The molecule has 0 bridgehead atoms. The Hall–Kier alpha value is -0.346. The molecule has 0 aromatic heterocycles. The van der Waals surface area contributed by atoms with E-state index in [4.69, 9.17) is 0 Å². The minimum absolute atomic E-state index is 0.704. The molecule has 0 N–H and O–H groups in total. The first-order valence-corrected chi connectivity index (χ1v) is 13.8. The molecule has 1 atom stereocenters. The second-order valence-corrected chi connectivity index (χ2v) is 19.9. The molecule has 1 aliphatic rings. The molecule has 2 rings (SSSR count). The Bertz CT molecular complexity index is 339. The molecule has 1 unspecified atom stereocenters. The van der Waals surface area contributed by atoms with Gasteiger partial charge in [-0.05, 0) is 5.54 Å². The second kappa shape index (κ2) is 5.53. The first-order chi connectivity index (χ1) is 8.12. The lowest BCUT2D eigenvalue weighted by Gasteiger charge is -2.39. The van der Waals surface area contributed by atoms with E-state index in [1.54, 1.807) is 5.19 Å². The van der Waals surface area contributed by atoms with E-state index in [0.717, 1.165) is 5.54 Å². The highest BCUT2D eigenvalue weighted by Crippen LogP contribution is 2.37. The van der Waals surface area contributed by atoms with Crippen molar-refractivity contribution in [3.8, 4) is 0 Å². The Labute approximate surface area is 109 Å². The van der Waals surface area contributed by atoms with Crippen LogP contribution in [0.15, 0.2) is 30.3 Å². The molecule has 0 saturated heterocycles. The third kappa shape index (κ3) is 2.91. The van der Waals surface area contributed by atoms with Gasteiger partial charge in [0.25, 0.3) is 0 Å². The predicted octanol–water partition coefficient (Wildman–Crippen LogP) is 3.87. The monoisotopic (exact) mass is 262 g/mol. The number of rotatable bonds is 3. The summed E-state index contributed by atoms with van der Waals surface area (Å²) in [6.07, 6.45) is 7.54. The average molecular weight is 263 g/mol. The van der Waals surface area contributed by atoms with Crippen molar-refractivity contribution in [3.05, 3.63) is 30.3 Å². The quantitative estimate of drug-likeness (QED) is 0.726. The second-order valence-electron chi connectivity index (χ2n) is 6.29. The Balaban J connectivity index is 2.13. The van der Waals surface area contributed by atoms with E-state index in [-0.39, 0.29) is 0 Å². The maximum absolute atomic E-state index is 2.67. The summed E-state index contributed by atoms with van der Waals surface area (Å²) in [5, 5.41) is 1.70. The average Bonchev–Trinajstić information content (AvgIpc) is 2.40. The van der Waals surface area contributed by atoms with Gasteiger partial charge in [-0.2, -0.15) is 0 Å². The van der Waals surface area contributed by atoms with Crippen LogP contribution >= 0.6 is 0 Å². The van der Waals surface area contributed by atoms with Crippen molar-refractivity contribution in [1.29, 1.82) is 0 Å². The molecule has 1 fully saturated rings. The van der Waals surface area contributed by atoms with Crippen LogP contribution in [0, 0.1) is 0 Å². The lowest BCUT2D eigenvalue weighted by molar-refractivity contribution is 0.495. The zero-order valence-electron chi connectivity index (χ0n) is 11.6. The summed E-state index contributed by atoms with van der Waals surface area (Å²) in [6.45, 7) is 7.95. The molecule has 17 heavy (non-hydrogen) atoms. The van der Waals surface area contributed by atoms with E-state index < -0.39 is 15.9 Å². The van der Waals surface area contributed by atoms with Crippen LogP contribution in [0.5, 0.6) is 0 Å². The van der Waals surface area contributed by atoms with Crippen molar-refractivity contribution >= 4 is 21.1 Å². The highest BCUT2D eigenvalue weighted by molar-refractivity contribution is 7.37. The summed E-state index contributed by atoms with van der Waals surface area (Å²) in [4.78, 5) is 0. The maximum Gasteiger partial charge on any atom is 0.0619 e. The van der Waals surface area contributed by atoms with Gasteiger partial charge in [-0.3, -0.25) is 0 Å². The van der Waals surface area contributed by atoms with Gasteiger partial charge in [-0.15, -0.1) is 0 Å². The van der Waals surface area contributed by atoms with Gasteiger partial charge >= 0.3 is 0 Å². The van der Waals surface area contributed by atoms with Gasteiger partial charge in [0.1, 0.15) is 0 Å². The number of hydrogen-bond donors (Lipinski definition) is 0. The standard InChI is InChI=1S/C15H26Si2/c1-16(14-10-6-4-7-11-14)17(2,3)15-12-8-5-9-13-15/h4,6-7,10-11,15-16H,5,8-9,12-13H2,1-3H3. The van der Waals surface area contributed by atoms with Crippen LogP contribution in [0.1, 0.15) is 32.1 Å². The fraction of sp³-hybridized carbons (Fsp3) is 0.600. The van der Waals surface area contributed by atoms with Crippen molar-refractivity contribution < 1.29 is 0 Å². The molecular weight excluding hydrogens is 236 g/mol. The minimum atomic E-state index is -1.01. The lowest BCUT2D eigenvalue weighted by Crippen LogP contribution is -2.55. The molecule has 0 spiro atoms. The van der Waals surface area contributed by atoms with E-state index >= 15 is 0 Å². The maximum atomic E-state index is 2.67. The Morgan fingerprint density at radius 3 is 2.18 bits per heavy atom. The molecular formula is C15H26Si2. The predicted molar refractivity (Wildman–Crippen MR) is 83.4 cm³/mol. The molecule has 0 aliphatic heterocycles. The molecule has 94 valence electrons. The van der Waals surface area contributed by atoms with Gasteiger partial charge in [0.15, 0.2) is 0 Å². The van der Waals surface area contributed by atoms with Crippen molar-refractivity contribution in [2.45, 2.75) is 57.3 Å². The van der Waals surface area contributed by atoms with Crippen LogP contribution in [-0.4, -0.2) is 15.9 Å². The molecule has 1 saturated carbocycles. The fourth-order valence-corrected chi connectivity index (χ4v) is 13.9. The van der Waals surface area contributed by atoms with E-state index in [2.05, 4.69) is 50.0 Å². The van der Waals surface area contributed by atoms with Crippen LogP contribution < -0.4 is 5.19 Å². The van der Waals surface area contributed by atoms with Crippen molar-refractivity contribution in [1.82, 2.24) is 0 Å². The molecule has 2 heteroatoms. The molecule has 0 heterocycles. The Morgan fingerprint density at radius 2 is 1.59 bits per heavy atom. The fourth-order valence-electron chi connectivity index (χ4n) is 3.37. The third-order valence-corrected chi connectivity index (χ3v) is 20.5. The Morgan fingerprint density at radius 1 is 1.00 bits per heavy atom. The van der Waals surface area contributed by atoms with Crippen LogP contribution in [0.2, 0.25) is 25.2 Å². The van der Waals surface area contributed by atoms with Gasteiger partial charge in [0.2, 0.25) is 0 Å². The first-order valence-electron chi connectivity index (χ1n) is 7.17. The van der Waals surface area contributed by atoms with Gasteiger partial charge in [0.05, 0.1) is 8.31 Å². The minimum Gasteiger partial charge on any atom is -0.0710 e. The zero-order chi connectivity index (χ0) is 12.3. The summed E-state index contributed by atoms with van der Waals surface area (Å²) in [6, 6.07) is 11.4. The summed E-state index contributed by atoms with van der Waals surface area (Å²) in [7, 11) is -1.71. The molecule has 0 amide bonds. The molecule has 1 aliphatic carbocycles. The van der Waals surface area contributed by atoms with Gasteiger partial charge < -0.3 is 0 Å². The normalized spacial score (nSPS) is 20.2. The molecule has 0 nitrogen and oxygen atoms in total. The summed E-state index contributed by atoms with van der Waals surface area (Å²) < 4.78 is 0. The SMILES string of the molecule is C[SiH](c1ccccc1)[Si](C)(C)C1CCCCC1. The zero-order valence-corrected chi connectivity index (χ0v) is 13.7. The van der Waals surface area contributed by atoms with Crippen molar-refractivity contribution in [3.63, 3.8) is 0 Å².